The largest absolute Gasteiger partial charge is 0.391 e. The van der Waals surface area contributed by atoms with Crippen molar-refractivity contribution in [2.75, 3.05) is 20.6 Å². The van der Waals surface area contributed by atoms with Gasteiger partial charge in [0.25, 0.3) is 0 Å². The molecule has 4 nitrogen and oxygen atoms in total. The second-order valence-corrected chi connectivity index (χ2v) is 6.45. The molecule has 26 heavy (non-hydrogen) atoms. The SMILES string of the molecule is C=C/C=C\C(CCNC1=CC(CC)=C(NC)C1)=C(/NC)NC(C)CC=C. The van der Waals surface area contributed by atoms with Gasteiger partial charge in [0.2, 0.25) is 0 Å². The van der Waals surface area contributed by atoms with Crippen molar-refractivity contribution >= 4 is 0 Å². The quantitative estimate of drug-likeness (QED) is 0.299. The van der Waals surface area contributed by atoms with E-state index in [1.54, 1.807) is 0 Å². The second-order valence-electron chi connectivity index (χ2n) is 6.45. The lowest BCUT2D eigenvalue weighted by atomic mass is 10.1. The molecule has 0 aromatic carbocycles. The van der Waals surface area contributed by atoms with Gasteiger partial charge in [-0.1, -0.05) is 37.8 Å². The van der Waals surface area contributed by atoms with Crippen molar-refractivity contribution in [3.63, 3.8) is 0 Å². The second kappa shape index (κ2) is 12.1. The molecule has 1 atom stereocenters. The van der Waals surface area contributed by atoms with Crippen molar-refractivity contribution < 1.29 is 0 Å². The molecule has 1 aliphatic rings. The van der Waals surface area contributed by atoms with Crippen LogP contribution >= 0.6 is 0 Å². The molecule has 0 aromatic heterocycles. The van der Waals surface area contributed by atoms with Gasteiger partial charge in [-0.15, -0.1) is 6.58 Å². The van der Waals surface area contributed by atoms with E-state index in [4.69, 9.17) is 0 Å². The lowest BCUT2D eigenvalue weighted by Gasteiger charge is -2.20. The summed E-state index contributed by atoms with van der Waals surface area (Å²) in [5.74, 6) is 1.06. The summed E-state index contributed by atoms with van der Waals surface area (Å²) in [5.41, 5.74) is 5.24. The summed E-state index contributed by atoms with van der Waals surface area (Å²) in [6, 6.07) is 0.335. The molecule has 1 rings (SSSR count). The minimum absolute atomic E-state index is 0.335. The van der Waals surface area contributed by atoms with Crippen LogP contribution in [0, 0.1) is 0 Å². The summed E-state index contributed by atoms with van der Waals surface area (Å²) in [5, 5.41) is 13.7. The molecular weight excluding hydrogens is 320 g/mol. The van der Waals surface area contributed by atoms with E-state index in [1.807, 2.05) is 32.3 Å². The van der Waals surface area contributed by atoms with Crippen molar-refractivity contribution in [1.29, 1.82) is 0 Å². The topological polar surface area (TPSA) is 48.1 Å². The summed E-state index contributed by atoms with van der Waals surface area (Å²) >= 11 is 0. The smallest absolute Gasteiger partial charge is 0.102 e. The third kappa shape index (κ3) is 6.87. The highest BCUT2D eigenvalue weighted by Gasteiger charge is 2.13. The first-order valence-electron chi connectivity index (χ1n) is 9.51. The normalized spacial score (nSPS) is 16.1. The van der Waals surface area contributed by atoms with Gasteiger partial charge in [-0.3, -0.25) is 0 Å². The van der Waals surface area contributed by atoms with Crippen LogP contribution in [-0.2, 0) is 0 Å². The Morgan fingerprint density at radius 2 is 2.08 bits per heavy atom. The van der Waals surface area contributed by atoms with E-state index in [0.29, 0.717) is 6.04 Å². The van der Waals surface area contributed by atoms with Gasteiger partial charge in [-0.2, -0.15) is 0 Å². The summed E-state index contributed by atoms with van der Waals surface area (Å²) < 4.78 is 0. The zero-order valence-electron chi connectivity index (χ0n) is 16.9. The van der Waals surface area contributed by atoms with E-state index in [1.165, 1.54) is 22.5 Å². The maximum Gasteiger partial charge on any atom is 0.102 e. The van der Waals surface area contributed by atoms with Gasteiger partial charge >= 0.3 is 0 Å². The zero-order chi connectivity index (χ0) is 19.4. The van der Waals surface area contributed by atoms with Gasteiger partial charge in [0.15, 0.2) is 0 Å². The predicted octanol–water partition coefficient (Wildman–Crippen LogP) is 3.86. The van der Waals surface area contributed by atoms with Crippen LogP contribution in [0.3, 0.4) is 0 Å². The molecule has 1 unspecified atom stereocenters. The summed E-state index contributed by atoms with van der Waals surface area (Å²) in [6.07, 6.45) is 14.0. The Morgan fingerprint density at radius 1 is 1.31 bits per heavy atom. The Labute approximate surface area is 159 Å². The van der Waals surface area contributed by atoms with Crippen molar-refractivity contribution in [3.05, 3.63) is 71.9 Å². The maximum absolute atomic E-state index is 3.82. The van der Waals surface area contributed by atoms with Crippen LogP contribution in [0.4, 0.5) is 0 Å². The molecule has 0 aliphatic heterocycles. The third-order valence-corrected chi connectivity index (χ3v) is 4.45. The molecular formula is C22H36N4. The van der Waals surface area contributed by atoms with Gasteiger partial charge in [0, 0.05) is 44.5 Å². The van der Waals surface area contributed by atoms with Gasteiger partial charge in [-0.05, 0) is 43.4 Å². The van der Waals surface area contributed by atoms with Crippen molar-refractivity contribution in [2.24, 2.45) is 0 Å². The molecule has 0 spiro atoms. The Bertz CT molecular complexity index is 593. The molecule has 4 heteroatoms. The molecule has 0 amide bonds. The molecule has 1 aliphatic carbocycles. The molecule has 0 bridgehead atoms. The van der Waals surface area contributed by atoms with Crippen molar-refractivity contribution in [1.82, 2.24) is 21.3 Å². The van der Waals surface area contributed by atoms with Gasteiger partial charge in [0.05, 0.1) is 0 Å². The molecule has 0 heterocycles. The van der Waals surface area contributed by atoms with Gasteiger partial charge in [-0.25, -0.2) is 0 Å². The molecule has 0 saturated heterocycles. The van der Waals surface area contributed by atoms with E-state index in [-0.39, 0.29) is 0 Å². The predicted molar refractivity (Wildman–Crippen MR) is 115 cm³/mol. The molecule has 0 fully saturated rings. The van der Waals surface area contributed by atoms with Crippen molar-refractivity contribution in [3.8, 4) is 0 Å². The Balaban J connectivity index is 2.73. The highest BCUT2D eigenvalue weighted by Crippen LogP contribution is 2.23. The van der Waals surface area contributed by atoms with E-state index in [9.17, 15) is 0 Å². The Kier molecular flexibility index (Phi) is 10.1. The highest BCUT2D eigenvalue weighted by atomic mass is 15.1. The van der Waals surface area contributed by atoms with Crippen LogP contribution in [0.2, 0.25) is 0 Å². The van der Waals surface area contributed by atoms with Crippen LogP contribution in [0.25, 0.3) is 0 Å². The lowest BCUT2D eigenvalue weighted by Crippen LogP contribution is -2.32. The van der Waals surface area contributed by atoms with E-state index < -0.39 is 0 Å². The highest BCUT2D eigenvalue weighted by molar-refractivity contribution is 5.37. The average molecular weight is 357 g/mol. The van der Waals surface area contributed by atoms with E-state index in [0.717, 1.165) is 38.0 Å². The first-order valence-corrected chi connectivity index (χ1v) is 9.51. The van der Waals surface area contributed by atoms with Gasteiger partial charge in [0.1, 0.15) is 5.82 Å². The van der Waals surface area contributed by atoms with Crippen LogP contribution in [0.15, 0.2) is 71.9 Å². The van der Waals surface area contributed by atoms with Gasteiger partial charge < -0.3 is 21.3 Å². The zero-order valence-corrected chi connectivity index (χ0v) is 16.9. The monoisotopic (exact) mass is 356 g/mol. The number of hydrogen-bond donors (Lipinski definition) is 4. The minimum Gasteiger partial charge on any atom is -0.391 e. The summed E-state index contributed by atoms with van der Waals surface area (Å²) in [7, 11) is 3.95. The first-order chi connectivity index (χ1) is 12.6. The molecule has 4 N–H and O–H groups in total. The van der Waals surface area contributed by atoms with Crippen LogP contribution in [-0.4, -0.2) is 26.7 Å². The number of nitrogens with one attached hydrogen (secondary N) is 4. The summed E-state index contributed by atoms with van der Waals surface area (Å²) in [6.45, 7) is 12.8. The average Bonchev–Trinajstić information content (AvgIpc) is 3.05. The van der Waals surface area contributed by atoms with Crippen molar-refractivity contribution in [2.45, 2.75) is 45.6 Å². The van der Waals surface area contributed by atoms with E-state index in [2.05, 4.69) is 60.4 Å². The first kappa shape index (κ1) is 21.7. The number of allylic oxidation sites excluding steroid dienone is 5. The fourth-order valence-electron chi connectivity index (χ4n) is 3.04. The molecule has 144 valence electrons. The Hall–Kier alpha value is -2.36. The Morgan fingerprint density at radius 3 is 2.62 bits per heavy atom. The molecule has 0 radical (unpaired) electrons. The fourth-order valence-corrected chi connectivity index (χ4v) is 3.04. The minimum atomic E-state index is 0.335. The van der Waals surface area contributed by atoms with Crippen LogP contribution < -0.4 is 21.3 Å². The van der Waals surface area contributed by atoms with E-state index >= 15 is 0 Å². The third-order valence-electron chi connectivity index (χ3n) is 4.45. The molecule has 0 saturated carbocycles. The molecule has 0 aromatic rings. The maximum atomic E-state index is 3.82. The fraction of sp³-hybridized carbons (Fsp3) is 0.455. The number of rotatable bonds is 13. The van der Waals surface area contributed by atoms with Crippen LogP contribution in [0.1, 0.15) is 39.5 Å². The lowest BCUT2D eigenvalue weighted by molar-refractivity contribution is 0.585. The summed E-state index contributed by atoms with van der Waals surface area (Å²) in [4.78, 5) is 0. The standard InChI is InChI=1S/C22H36N4/c1-7-10-12-19(22(24-6)26-17(4)11-8-2)13-14-25-20-15-18(9-3)21(16-20)23-5/h7-8,10,12,15,17,23-26H,1-2,9,11,13-14,16H2,3-6H3/b12-10-,22-19-. The number of hydrogen-bond acceptors (Lipinski definition) is 4. The van der Waals surface area contributed by atoms with Crippen LogP contribution in [0.5, 0.6) is 0 Å².